The molecule has 10 heavy (non-hydrogen) atoms. The molecule has 0 bridgehead atoms. The minimum Gasteiger partial charge on any atom is -0.387 e. The number of alkyl halides is 1. The van der Waals surface area contributed by atoms with Crippen LogP contribution in [0.4, 0.5) is 4.39 Å². The van der Waals surface area contributed by atoms with Gasteiger partial charge in [0.15, 0.2) is 6.29 Å². The van der Waals surface area contributed by atoms with Crippen molar-refractivity contribution in [2.45, 2.75) is 24.6 Å². The quantitative estimate of drug-likeness (QED) is 0.422. The van der Waals surface area contributed by atoms with Crippen molar-refractivity contribution in [2.24, 2.45) is 0 Å². The highest BCUT2D eigenvalue weighted by Gasteiger charge is 2.41. The minimum atomic E-state index is -1.46. The monoisotopic (exact) mass is 151 g/mol. The first-order valence-corrected chi connectivity index (χ1v) is 2.92. The number of aliphatic hydroxyl groups excluding tert-OH is 3. The summed E-state index contributed by atoms with van der Waals surface area (Å²) < 4.78 is 16.2. The molecule has 1 aliphatic heterocycles. The van der Waals surface area contributed by atoms with Crippen molar-refractivity contribution in [1.29, 1.82) is 0 Å². The third kappa shape index (κ3) is 1.13. The van der Waals surface area contributed by atoms with Crippen molar-refractivity contribution in [2.75, 3.05) is 6.67 Å². The summed E-state index contributed by atoms with van der Waals surface area (Å²) in [4.78, 5) is 0. The largest absolute Gasteiger partial charge is 0.387 e. The first-order chi connectivity index (χ1) is 4.66. The van der Waals surface area contributed by atoms with E-state index in [1.165, 1.54) is 0 Å². The van der Waals surface area contributed by atoms with Gasteiger partial charge in [0, 0.05) is 0 Å². The van der Waals surface area contributed by atoms with Gasteiger partial charge in [-0.25, -0.2) is 4.39 Å². The summed E-state index contributed by atoms with van der Waals surface area (Å²) in [6, 6.07) is 0. The standard InChI is InChI=1S/C5H9FO4/c6-1-2-3(7)4(8)5(9)10-2/h2-5,7-9H,1H2/t2-,3-,4-,5?/m1/s1/i6-1. The first-order valence-electron chi connectivity index (χ1n) is 2.92. The fraction of sp³-hybridized carbons (Fsp3) is 1.00. The van der Waals surface area contributed by atoms with Crippen LogP contribution < -0.4 is 0 Å². The van der Waals surface area contributed by atoms with Gasteiger partial charge in [-0.3, -0.25) is 0 Å². The third-order valence-electron chi connectivity index (χ3n) is 1.49. The normalized spacial score (nSPS) is 48.0. The predicted molar refractivity (Wildman–Crippen MR) is 28.9 cm³/mol. The molecular formula is C5H9FO4. The van der Waals surface area contributed by atoms with E-state index in [1.54, 1.807) is 0 Å². The Hall–Kier alpha value is -0.230. The average molecular weight is 151 g/mol. The van der Waals surface area contributed by atoms with E-state index >= 15 is 0 Å². The highest BCUT2D eigenvalue weighted by atomic mass is 18.2. The van der Waals surface area contributed by atoms with Crippen LogP contribution >= 0.6 is 0 Å². The molecule has 0 aromatic heterocycles. The summed E-state index contributed by atoms with van der Waals surface area (Å²) >= 11 is 0. The van der Waals surface area contributed by atoms with Crippen molar-refractivity contribution < 1.29 is 24.4 Å². The van der Waals surface area contributed by atoms with Crippen LogP contribution in [-0.2, 0) is 4.74 Å². The lowest BCUT2D eigenvalue weighted by Crippen LogP contribution is -2.33. The molecule has 0 spiro atoms. The van der Waals surface area contributed by atoms with Crippen LogP contribution in [0.3, 0.4) is 0 Å². The molecule has 3 N–H and O–H groups in total. The van der Waals surface area contributed by atoms with Gasteiger partial charge < -0.3 is 20.1 Å². The van der Waals surface area contributed by atoms with Crippen LogP contribution in [0, 0.1) is 0 Å². The summed E-state index contributed by atoms with van der Waals surface area (Å²) in [5, 5.41) is 26.3. The van der Waals surface area contributed by atoms with E-state index in [0.29, 0.717) is 0 Å². The van der Waals surface area contributed by atoms with Crippen LogP contribution in [0.2, 0.25) is 0 Å². The van der Waals surface area contributed by atoms with Gasteiger partial charge >= 0.3 is 0 Å². The molecule has 0 aromatic rings. The molecular weight excluding hydrogens is 142 g/mol. The van der Waals surface area contributed by atoms with Crippen LogP contribution in [-0.4, -0.2) is 46.6 Å². The van der Waals surface area contributed by atoms with E-state index in [4.69, 9.17) is 15.3 Å². The molecule has 0 aliphatic carbocycles. The average Bonchev–Trinajstić information content (AvgIpc) is 2.17. The number of halogens is 1. The molecule has 0 radical (unpaired) electrons. The fourth-order valence-corrected chi connectivity index (χ4v) is 0.856. The maximum absolute atomic E-state index is 11.8. The number of hydrogen-bond acceptors (Lipinski definition) is 4. The lowest BCUT2D eigenvalue weighted by molar-refractivity contribution is -0.129. The van der Waals surface area contributed by atoms with Gasteiger partial charge in [0.1, 0.15) is 25.0 Å². The molecule has 4 atom stereocenters. The van der Waals surface area contributed by atoms with Crippen molar-refractivity contribution in [3.63, 3.8) is 0 Å². The van der Waals surface area contributed by atoms with Gasteiger partial charge in [0.05, 0.1) is 0 Å². The van der Waals surface area contributed by atoms with E-state index in [-0.39, 0.29) is 0 Å². The van der Waals surface area contributed by atoms with Crippen LogP contribution in [0.1, 0.15) is 0 Å². The Morgan fingerprint density at radius 2 is 1.80 bits per heavy atom. The van der Waals surface area contributed by atoms with Gasteiger partial charge in [0.2, 0.25) is 0 Å². The van der Waals surface area contributed by atoms with Gasteiger partial charge in [-0.2, -0.15) is 0 Å². The van der Waals surface area contributed by atoms with Crippen molar-refractivity contribution in [3.8, 4) is 0 Å². The molecule has 0 saturated carbocycles. The highest BCUT2D eigenvalue weighted by molar-refractivity contribution is 4.84. The Balaban J connectivity index is 2.53. The molecule has 1 heterocycles. The molecule has 1 fully saturated rings. The zero-order valence-electron chi connectivity index (χ0n) is 5.14. The maximum Gasteiger partial charge on any atom is 0.184 e. The van der Waals surface area contributed by atoms with E-state index < -0.39 is 31.3 Å². The molecule has 1 rings (SSSR count). The zero-order chi connectivity index (χ0) is 7.72. The van der Waals surface area contributed by atoms with Gasteiger partial charge in [-0.1, -0.05) is 0 Å². The number of aliphatic hydroxyl groups is 3. The first kappa shape index (κ1) is 7.87. The lowest BCUT2D eigenvalue weighted by Gasteiger charge is -2.08. The van der Waals surface area contributed by atoms with E-state index in [9.17, 15) is 4.39 Å². The van der Waals surface area contributed by atoms with E-state index in [2.05, 4.69) is 4.74 Å². The second-order valence-corrected chi connectivity index (χ2v) is 2.20. The second-order valence-electron chi connectivity index (χ2n) is 2.20. The molecule has 5 heteroatoms. The Morgan fingerprint density at radius 3 is 2.00 bits per heavy atom. The smallest absolute Gasteiger partial charge is 0.184 e. The molecule has 1 saturated heterocycles. The van der Waals surface area contributed by atoms with Crippen LogP contribution in [0.25, 0.3) is 0 Å². The van der Waals surface area contributed by atoms with Crippen molar-refractivity contribution in [3.05, 3.63) is 0 Å². The van der Waals surface area contributed by atoms with Crippen LogP contribution in [0.5, 0.6) is 0 Å². The summed E-state index contributed by atoms with van der Waals surface area (Å²) in [5.41, 5.74) is 0. The second kappa shape index (κ2) is 2.79. The van der Waals surface area contributed by atoms with Gasteiger partial charge in [-0.15, -0.1) is 0 Å². The van der Waals surface area contributed by atoms with Crippen molar-refractivity contribution in [1.82, 2.24) is 0 Å². The number of hydrogen-bond donors (Lipinski definition) is 3. The Kier molecular flexibility index (Phi) is 2.20. The third-order valence-corrected chi connectivity index (χ3v) is 1.49. The number of rotatable bonds is 1. The maximum atomic E-state index is 11.8. The molecule has 0 aromatic carbocycles. The van der Waals surface area contributed by atoms with Crippen LogP contribution in [0.15, 0.2) is 0 Å². The SMILES string of the molecule is OC1O[C@H](C[18F])[C@@H](O)[C@H]1O. The molecule has 60 valence electrons. The Morgan fingerprint density at radius 1 is 1.20 bits per heavy atom. The number of ether oxygens (including phenoxy) is 1. The summed E-state index contributed by atoms with van der Waals surface area (Å²) in [6.45, 7) is -0.907. The lowest BCUT2D eigenvalue weighted by atomic mass is 10.1. The van der Waals surface area contributed by atoms with E-state index in [0.717, 1.165) is 0 Å². The predicted octanol–water partition coefficient (Wildman–Crippen LogP) is -1.61. The molecule has 1 unspecified atom stereocenters. The molecule has 1 aliphatic rings. The van der Waals surface area contributed by atoms with Gasteiger partial charge in [-0.05, 0) is 0 Å². The molecule has 0 amide bonds. The summed E-state index contributed by atoms with van der Waals surface area (Å²) in [5.74, 6) is 0. The summed E-state index contributed by atoms with van der Waals surface area (Å²) in [7, 11) is 0. The summed E-state index contributed by atoms with van der Waals surface area (Å²) in [6.07, 6.45) is -5.26. The van der Waals surface area contributed by atoms with E-state index in [1.807, 2.05) is 0 Å². The van der Waals surface area contributed by atoms with Gasteiger partial charge in [0.25, 0.3) is 0 Å². The molecule has 4 nitrogen and oxygen atoms in total. The zero-order valence-corrected chi connectivity index (χ0v) is 5.14. The topological polar surface area (TPSA) is 69.9 Å². The highest BCUT2D eigenvalue weighted by Crippen LogP contribution is 2.19. The Bertz CT molecular complexity index is 120. The fourth-order valence-electron chi connectivity index (χ4n) is 0.856. The Labute approximate surface area is 56.9 Å². The minimum absolute atomic E-state index is 0.907. The van der Waals surface area contributed by atoms with Crippen molar-refractivity contribution >= 4 is 0 Å².